The number of rotatable bonds is 11. The lowest BCUT2D eigenvalue weighted by Crippen LogP contribution is -2.22. The molecule has 36 heavy (non-hydrogen) atoms. The third-order valence-corrected chi connectivity index (χ3v) is 8.08. The highest BCUT2D eigenvalue weighted by atomic mass is 35.5. The van der Waals surface area contributed by atoms with E-state index in [-0.39, 0.29) is 35.5 Å². The Hall–Kier alpha value is -2.69. The molecule has 0 spiro atoms. The van der Waals surface area contributed by atoms with Crippen LogP contribution in [0.3, 0.4) is 0 Å². The van der Waals surface area contributed by atoms with Crippen molar-refractivity contribution in [1.82, 2.24) is 14.5 Å². The van der Waals surface area contributed by atoms with Crippen molar-refractivity contribution >= 4 is 40.5 Å². The largest absolute Gasteiger partial charge is 0.493 e. The average Bonchev–Trinajstić information content (AvgIpc) is 3.17. The molecular weight excluding hydrogens is 524 g/mol. The molecule has 0 aliphatic rings. The number of nitriles is 1. The topological polar surface area (TPSA) is 126 Å². The number of sulfone groups is 1. The molecular formula is C23H29ClN4O6SSi. The summed E-state index contributed by atoms with van der Waals surface area (Å²) < 4.78 is 48.4. The lowest BCUT2D eigenvalue weighted by Gasteiger charge is -2.16. The Morgan fingerprint density at radius 3 is 2.47 bits per heavy atom. The van der Waals surface area contributed by atoms with E-state index in [1.807, 2.05) is 0 Å². The second-order valence-corrected chi connectivity index (χ2v) is 17.3. The van der Waals surface area contributed by atoms with Crippen LogP contribution in [-0.2, 0) is 26.0 Å². The van der Waals surface area contributed by atoms with Crippen molar-refractivity contribution in [3.05, 3.63) is 28.9 Å². The van der Waals surface area contributed by atoms with Crippen molar-refractivity contribution < 1.29 is 27.4 Å². The van der Waals surface area contributed by atoms with Crippen molar-refractivity contribution in [2.45, 2.75) is 37.6 Å². The summed E-state index contributed by atoms with van der Waals surface area (Å²) in [4.78, 5) is 8.61. The summed E-state index contributed by atoms with van der Waals surface area (Å²) in [6.07, 6.45) is 2.59. The molecule has 2 aromatic heterocycles. The number of hydrogen-bond acceptors (Lipinski definition) is 9. The van der Waals surface area contributed by atoms with Gasteiger partial charge in [-0.25, -0.2) is 13.4 Å². The van der Waals surface area contributed by atoms with E-state index < -0.39 is 23.1 Å². The average molecular weight is 553 g/mol. The molecule has 0 atom stereocenters. The fourth-order valence-electron chi connectivity index (χ4n) is 3.36. The Balaban J connectivity index is 2.24. The van der Waals surface area contributed by atoms with Crippen LogP contribution in [0.4, 0.5) is 0 Å². The molecule has 13 heteroatoms. The van der Waals surface area contributed by atoms with E-state index >= 15 is 0 Å². The first kappa shape index (κ1) is 27.9. The van der Waals surface area contributed by atoms with Crippen LogP contribution < -0.4 is 9.47 Å². The Morgan fingerprint density at radius 2 is 1.89 bits per heavy atom. The highest BCUT2D eigenvalue weighted by Crippen LogP contribution is 2.41. The van der Waals surface area contributed by atoms with Crippen molar-refractivity contribution in [3.8, 4) is 28.8 Å². The third-order valence-electron chi connectivity index (χ3n) is 5.22. The summed E-state index contributed by atoms with van der Waals surface area (Å²) in [5.41, 5.74) is 1.01. The van der Waals surface area contributed by atoms with E-state index in [9.17, 15) is 13.7 Å². The van der Waals surface area contributed by atoms with Crippen molar-refractivity contribution in [3.63, 3.8) is 0 Å². The lowest BCUT2D eigenvalue weighted by molar-refractivity contribution is 0.0492. The Morgan fingerprint density at radius 1 is 1.17 bits per heavy atom. The summed E-state index contributed by atoms with van der Waals surface area (Å²) in [6.45, 7) is 7.32. The zero-order chi connectivity index (χ0) is 26.7. The fraction of sp³-hybridized carbons (Fsp3) is 0.435. The fourth-order valence-corrected chi connectivity index (χ4v) is 4.87. The Bertz CT molecular complexity index is 1410. The molecule has 0 bridgehead atoms. The van der Waals surface area contributed by atoms with Crippen LogP contribution in [0.5, 0.6) is 11.5 Å². The maximum atomic E-state index is 12.5. The predicted molar refractivity (Wildman–Crippen MR) is 139 cm³/mol. The van der Waals surface area contributed by atoms with Gasteiger partial charge in [-0.3, -0.25) is 0 Å². The second-order valence-electron chi connectivity index (χ2n) is 9.33. The predicted octanol–water partition coefficient (Wildman–Crippen LogP) is 4.33. The van der Waals surface area contributed by atoms with Gasteiger partial charge in [0.1, 0.15) is 18.4 Å². The zero-order valence-corrected chi connectivity index (χ0v) is 23.7. The summed E-state index contributed by atoms with van der Waals surface area (Å²) in [5.74, 6) is 0.655. The van der Waals surface area contributed by atoms with Gasteiger partial charge in [0.2, 0.25) is 15.0 Å². The maximum Gasteiger partial charge on any atom is 0.249 e. The van der Waals surface area contributed by atoms with Gasteiger partial charge in [0.15, 0.2) is 18.3 Å². The van der Waals surface area contributed by atoms with Crippen molar-refractivity contribution in [1.29, 1.82) is 5.26 Å². The summed E-state index contributed by atoms with van der Waals surface area (Å²) in [5, 5.41) is 10.1. The minimum Gasteiger partial charge on any atom is -0.493 e. The molecule has 0 fully saturated rings. The molecule has 0 unspecified atom stereocenters. The number of nitrogens with zero attached hydrogens (tertiary/aromatic N) is 4. The van der Waals surface area contributed by atoms with Crippen LogP contribution >= 0.6 is 11.6 Å². The highest BCUT2D eigenvalue weighted by molar-refractivity contribution is 7.90. The van der Waals surface area contributed by atoms with E-state index in [0.29, 0.717) is 29.1 Å². The normalized spacial score (nSPS) is 12.1. The number of benzene rings is 1. The van der Waals surface area contributed by atoms with Gasteiger partial charge in [0, 0.05) is 45.9 Å². The molecule has 2 heterocycles. The summed E-state index contributed by atoms with van der Waals surface area (Å²) >= 11 is 6.58. The number of ether oxygens (including phenoxy) is 4. The molecule has 0 aliphatic heterocycles. The zero-order valence-electron chi connectivity index (χ0n) is 21.1. The molecule has 0 N–H and O–H groups in total. The quantitative estimate of drug-likeness (QED) is 0.148. The van der Waals surface area contributed by atoms with Crippen molar-refractivity contribution in [2.24, 2.45) is 0 Å². The number of aromatic nitrogens is 3. The molecule has 0 saturated carbocycles. The first-order valence-corrected chi connectivity index (χ1v) is 17.0. The molecule has 1 aromatic carbocycles. The molecule has 3 rings (SSSR count). The summed E-state index contributed by atoms with van der Waals surface area (Å²) in [6, 6.07) is 6.20. The van der Waals surface area contributed by atoms with Gasteiger partial charge in [-0.2, -0.15) is 10.2 Å². The van der Waals surface area contributed by atoms with Crippen LogP contribution in [0, 0.1) is 11.3 Å². The molecule has 3 aromatic rings. The monoisotopic (exact) mass is 552 g/mol. The minimum absolute atomic E-state index is 0.0558. The van der Waals surface area contributed by atoms with Crippen LogP contribution in [0.1, 0.15) is 5.56 Å². The van der Waals surface area contributed by atoms with Crippen LogP contribution in [0.2, 0.25) is 30.7 Å². The molecule has 0 aliphatic carbocycles. The van der Waals surface area contributed by atoms with Crippen LogP contribution in [0.25, 0.3) is 22.3 Å². The Labute approximate surface area is 216 Å². The van der Waals surface area contributed by atoms with E-state index in [4.69, 9.17) is 30.5 Å². The first-order valence-electron chi connectivity index (χ1n) is 11.0. The molecule has 194 valence electrons. The van der Waals surface area contributed by atoms with Gasteiger partial charge < -0.3 is 23.5 Å². The van der Waals surface area contributed by atoms with Crippen LogP contribution in [0.15, 0.2) is 23.5 Å². The van der Waals surface area contributed by atoms with Crippen LogP contribution in [-0.4, -0.2) is 64.9 Å². The van der Waals surface area contributed by atoms with Gasteiger partial charge in [0.25, 0.3) is 0 Å². The number of fused-ring (bicyclic) bond motifs is 1. The molecule has 10 nitrogen and oxygen atoms in total. The van der Waals surface area contributed by atoms with E-state index in [0.717, 1.165) is 12.3 Å². The molecule has 0 saturated heterocycles. The third kappa shape index (κ3) is 6.35. The summed E-state index contributed by atoms with van der Waals surface area (Å²) in [7, 11) is -2.17. The molecule has 0 amide bonds. The van der Waals surface area contributed by atoms with Crippen molar-refractivity contribution in [2.75, 3.05) is 33.9 Å². The lowest BCUT2D eigenvalue weighted by atomic mass is 10.1. The van der Waals surface area contributed by atoms with Gasteiger partial charge >= 0.3 is 0 Å². The highest BCUT2D eigenvalue weighted by Gasteiger charge is 2.25. The SMILES string of the molecule is COCOc1cc(-c2nc(S(C)(=O)=O)nc3c2c(C#N)cn3COCC[Si](C)(C)C)c(Cl)cc1OC. The van der Waals surface area contributed by atoms with E-state index in [1.54, 1.807) is 16.8 Å². The smallest absolute Gasteiger partial charge is 0.249 e. The van der Waals surface area contributed by atoms with E-state index in [1.165, 1.54) is 20.3 Å². The number of methoxy groups -OCH3 is 2. The Kier molecular flexibility index (Phi) is 8.63. The molecule has 0 radical (unpaired) electrons. The van der Waals surface area contributed by atoms with Gasteiger partial charge in [0.05, 0.1) is 28.8 Å². The van der Waals surface area contributed by atoms with Gasteiger partial charge in [-0.05, 0) is 12.1 Å². The second kappa shape index (κ2) is 11.1. The minimum atomic E-state index is -3.81. The first-order chi connectivity index (χ1) is 16.9. The standard InChI is InChI=1S/C23H29ClN4O6SSi/c1-31-14-34-19-9-16(17(24)10-18(19)32-2)21-20-15(11-25)12-28(13-33-7-8-36(4,5)6)22(20)27-23(26-21)35(3,29)30/h9-10,12H,7-8,13-14H2,1-6H3. The van der Waals surface area contributed by atoms with E-state index in [2.05, 4.69) is 35.7 Å². The maximum absolute atomic E-state index is 12.5. The number of hydrogen-bond donors (Lipinski definition) is 0. The number of halogens is 1. The van der Waals surface area contributed by atoms with Gasteiger partial charge in [-0.1, -0.05) is 31.2 Å². The van der Waals surface area contributed by atoms with Gasteiger partial charge in [-0.15, -0.1) is 0 Å².